The van der Waals surface area contributed by atoms with Crippen LogP contribution >= 0.6 is 0 Å². The van der Waals surface area contributed by atoms with E-state index in [-0.39, 0.29) is 42.1 Å². The molecule has 6 nitrogen and oxygen atoms in total. The second-order valence-electron chi connectivity index (χ2n) is 9.57. The molecule has 5 atom stereocenters. The number of carbonyl (C=O) groups excluding carboxylic acids is 1. The third-order valence-corrected chi connectivity index (χ3v) is 7.88. The first kappa shape index (κ1) is 22.1. The molecule has 1 aliphatic carbocycles. The summed E-state index contributed by atoms with van der Waals surface area (Å²) in [6.07, 6.45) is 5.25. The molecule has 0 spiro atoms. The lowest BCUT2D eigenvalue weighted by Crippen LogP contribution is -2.46. The summed E-state index contributed by atoms with van der Waals surface area (Å²) in [5.41, 5.74) is 3.92. The molecule has 174 valence electrons. The number of amides is 1. The Morgan fingerprint density at radius 3 is 2.67 bits per heavy atom. The molecule has 2 bridgehead atoms. The fourth-order valence-corrected chi connectivity index (χ4v) is 6.25. The molecule has 1 aromatic heterocycles. The van der Waals surface area contributed by atoms with E-state index in [1.807, 2.05) is 54.0 Å². The highest BCUT2D eigenvalue weighted by Gasteiger charge is 2.55. The minimum absolute atomic E-state index is 0.0363. The van der Waals surface area contributed by atoms with Gasteiger partial charge in [0.05, 0.1) is 18.0 Å². The van der Waals surface area contributed by atoms with E-state index >= 15 is 0 Å². The number of aliphatic hydroxyl groups is 1. The number of aromatic nitrogens is 1. The van der Waals surface area contributed by atoms with Gasteiger partial charge in [-0.05, 0) is 56.0 Å². The van der Waals surface area contributed by atoms with Crippen LogP contribution in [0, 0.1) is 11.8 Å². The van der Waals surface area contributed by atoms with Crippen LogP contribution in [0.4, 0.5) is 0 Å². The minimum atomic E-state index is -0.407. The Labute approximate surface area is 194 Å². The smallest absolute Gasteiger partial charge is 0.258 e. The van der Waals surface area contributed by atoms with Crippen molar-refractivity contribution in [2.24, 2.45) is 11.8 Å². The Kier molecular flexibility index (Phi) is 5.97. The number of likely N-dealkylation sites (N-methyl/N-ethyl adjacent to an activating group) is 1. The lowest BCUT2D eigenvalue weighted by atomic mass is 9.86. The molecule has 0 unspecified atom stereocenters. The molecule has 3 aliphatic rings. The highest BCUT2D eigenvalue weighted by Crippen LogP contribution is 2.48. The molecule has 1 fully saturated rings. The van der Waals surface area contributed by atoms with Gasteiger partial charge < -0.3 is 15.0 Å². The van der Waals surface area contributed by atoms with Gasteiger partial charge in [-0.25, -0.2) is 0 Å². The van der Waals surface area contributed by atoms with Gasteiger partial charge in [0.2, 0.25) is 5.91 Å². The molecule has 1 saturated heterocycles. The molecule has 6 heteroatoms. The van der Waals surface area contributed by atoms with E-state index in [0.29, 0.717) is 6.54 Å². The third-order valence-electron chi connectivity index (χ3n) is 7.88. The Morgan fingerprint density at radius 1 is 1.21 bits per heavy atom. The van der Waals surface area contributed by atoms with E-state index in [1.54, 1.807) is 0 Å². The average Bonchev–Trinajstić information content (AvgIpc) is 3.44. The fourth-order valence-electron chi connectivity index (χ4n) is 6.25. The summed E-state index contributed by atoms with van der Waals surface area (Å²) in [5, 5.41) is 13.6. The molecular formula is C27H33N3O3. The molecule has 0 radical (unpaired) electrons. The quantitative estimate of drug-likeness (QED) is 0.713. The van der Waals surface area contributed by atoms with Crippen LogP contribution in [0.2, 0.25) is 0 Å². The van der Waals surface area contributed by atoms with E-state index < -0.39 is 5.92 Å². The summed E-state index contributed by atoms with van der Waals surface area (Å²) in [4.78, 5) is 29.4. The van der Waals surface area contributed by atoms with Crippen LogP contribution in [0.25, 0.3) is 5.57 Å². The monoisotopic (exact) mass is 447 g/mol. The van der Waals surface area contributed by atoms with Gasteiger partial charge in [-0.2, -0.15) is 0 Å². The van der Waals surface area contributed by atoms with Gasteiger partial charge in [0.15, 0.2) is 0 Å². The van der Waals surface area contributed by atoms with Crippen LogP contribution in [-0.2, 0) is 11.3 Å². The van der Waals surface area contributed by atoms with Crippen molar-refractivity contribution in [3.63, 3.8) is 0 Å². The number of benzene rings is 1. The van der Waals surface area contributed by atoms with Gasteiger partial charge in [0.25, 0.3) is 5.56 Å². The average molecular weight is 448 g/mol. The van der Waals surface area contributed by atoms with Crippen molar-refractivity contribution in [3.8, 4) is 0 Å². The molecule has 2 N–H and O–H groups in total. The maximum Gasteiger partial charge on any atom is 0.258 e. The van der Waals surface area contributed by atoms with Crippen LogP contribution in [0.15, 0.2) is 53.3 Å². The lowest BCUT2D eigenvalue weighted by Gasteiger charge is -2.37. The molecule has 1 amide bonds. The highest BCUT2D eigenvalue weighted by molar-refractivity contribution is 5.81. The lowest BCUT2D eigenvalue weighted by molar-refractivity contribution is -0.128. The third kappa shape index (κ3) is 3.65. The fraction of sp³-hybridized carbons (Fsp3) is 0.481. The van der Waals surface area contributed by atoms with Crippen LogP contribution < -0.4 is 10.9 Å². The zero-order valence-corrected chi connectivity index (χ0v) is 19.4. The number of hydrogen-bond donors (Lipinski definition) is 2. The minimum Gasteiger partial charge on any atom is -0.396 e. The van der Waals surface area contributed by atoms with E-state index in [0.717, 1.165) is 48.2 Å². The largest absolute Gasteiger partial charge is 0.396 e. The zero-order valence-electron chi connectivity index (χ0n) is 19.4. The molecule has 33 heavy (non-hydrogen) atoms. The molecular weight excluding hydrogens is 414 g/mol. The van der Waals surface area contributed by atoms with Crippen molar-refractivity contribution in [2.45, 2.75) is 57.8 Å². The summed E-state index contributed by atoms with van der Waals surface area (Å²) < 4.78 is 1.88. The Morgan fingerprint density at radius 2 is 2.00 bits per heavy atom. The van der Waals surface area contributed by atoms with Crippen molar-refractivity contribution < 1.29 is 9.90 Å². The first-order valence-corrected chi connectivity index (χ1v) is 12.2. The maximum absolute atomic E-state index is 13.6. The SMILES string of the molecule is CCN1[C@@H]2c3ccc(C4=CCCC4)c(=O)n3C[C@H]1[C@H](CO)[C@H]2C(=O)N[C@@H](C)c1ccccc1. The van der Waals surface area contributed by atoms with Gasteiger partial charge in [-0.15, -0.1) is 0 Å². The van der Waals surface area contributed by atoms with Crippen molar-refractivity contribution in [1.29, 1.82) is 0 Å². The number of fused-ring (bicyclic) bond motifs is 4. The summed E-state index contributed by atoms with van der Waals surface area (Å²) in [6, 6.07) is 13.5. The van der Waals surface area contributed by atoms with Gasteiger partial charge in [0, 0.05) is 36.4 Å². The highest BCUT2D eigenvalue weighted by atomic mass is 16.3. The topological polar surface area (TPSA) is 74.6 Å². The van der Waals surface area contributed by atoms with Crippen LogP contribution in [0.3, 0.4) is 0 Å². The second kappa shape index (κ2) is 8.92. The van der Waals surface area contributed by atoms with E-state index in [1.165, 1.54) is 0 Å². The van der Waals surface area contributed by atoms with E-state index in [9.17, 15) is 14.7 Å². The van der Waals surface area contributed by atoms with Crippen molar-refractivity contribution >= 4 is 11.5 Å². The maximum atomic E-state index is 13.6. The number of pyridine rings is 1. The standard InChI is InChI=1S/C27H33N3O3/c1-3-29-23-15-30-22(14-13-20(27(30)33)19-11-7-8-12-19)25(29)24(21(23)16-31)26(32)28-17(2)18-9-5-4-6-10-18/h4-6,9-11,13-14,17,21,23-25,31H,3,7-8,12,15-16H2,1-2H3,(H,28,32)/t17-,21-,23-,24+,25+/m0/s1. The van der Waals surface area contributed by atoms with Crippen LogP contribution in [0.1, 0.15) is 62.0 Å². The van der Waals surface area contributed by atoms with Gasteiger partial charge in [0.1, 0.15) is 0 Å². The predicted octanol–water partition coefficient (Wildman–Crippen LogP) is 3.28. The summed E-state index contributed by atoms with van der Waals surface area (Å²) in [6.45, 7) is 5.29. The predicted molar refractivity (Wildman–Crippen MR) is 129 cm³/mol. The molecule has 1 aromatic carbocycles. The number of nitrogens with one attached hydrogen (secondary N) is 1. The first-order valence-electron chi connectivity index (χ1n) is 12.2. The van der Waals surface area contributed by atoms with Crippen molar-refractivity contribution in [2.75, 3.05) is 13.2 Å². The van der Waals surface area contributed by atoms with Gasteiger partial charge in [-0.3, -0.25) is 14.5 Å². The summed E-state index contributed by atoms with van der Waals surface area (Å²) in [5.74, 6) is -0.679. The van der Waals surface area contributed by atoms with Gasteiger partial charge in [-0.1, -0.05) is 43.3 Å². The number of rotatable bonds is 6. The molecule has 5 rings (SSSR count). The van der Waals surface area contributed by atoms with Crippen molar-refractivity contribution in [1.82, 2.24) is 14.8 Å². The summed E-state index contributed by atoms with van der Waals surface area (Å²) >= 11 is 0. The molecule has 2 aromatic rings. The summed E-state index contributed by atoms with van der Waals surface area (Å²) in [7, 11) is 0. The van der Waals surface area contributed by atoms with Crippen molar-refractivity contribution in [3.05, 3.63) is 75.7 Å². The Balaban J connectivity index is 1.51. The van der Waals surface area contributed by atoms with E-state index in [2.05, 4.69) is 23.2 Å². The number of carbonyl (C=O) groups is 1. The number of nitrogens with zero attached hydrogens (tertiary/aromatic N) is 2. The normalized spacial score (nSPS) is 27.2. The van der Waals surface area contributed by atoms with Gasteiger partial charge >= 0.3 is 0 Å². The second-order valence-corrected chi connectivity index (χ2v) is 9.57. The first-order chi connectivity index (χ1) is 16.0. The number of aliphatic hydroxyl groups excluding tert-OH is 1. The number of hydrogen-bond acceptors (Lipinski definition) is 4. The van der Waals surface area contributed by atoms with Crippen LogP contribution in [0.5, 0.6) is 0 Å². The molecule has 0 saturated carbocycles. The Bertz CT molecular complexity index is 1120. The zero-order chi connectivity index (χ0) is 23.1. The Hall–Kier alpha value is -2.70. The molecule has 3 heterocycles. The molecule has 2 aliphatic heterocycles. The van der Waals surface area contributed by atoms with E-state index in [4.69, 9.17) is 0 Å². The van der Waals surface area contributed by atoms with Crippen LogP contribution in [-0.4, -0.2) is 39.7 Å². The number of allylic oxidation sites excluding steroid dienone is 2.